The quantitative estimate of drug-likeness (QED) is 0.841. The molecule has 1 atom stereocenters. The molecule has 0 amide bonds. The van der Waals surface area contributed by atoms with Crippen LogP contribution in [0.25, 0.3) is 0 Å². The predicted molar refractivity (Wildman–Crippen MR) is 69.5 cm³/mol. The molecule has 0 aliphatic carbocycles. The summed E-state index contributed by atoms with van der Waals surface area (Å²) in [5.74, 6) is 1.96. The van der Waals surface area contributed by atoms with Crippen LogP contribution in [0, 0.1) is 6.92 Å². The van der Waals surface area contributed by atoms with E-state index in [-0.39, 0.29) is 12.0 Å². The van der Waals surface area contributed by atoms with E-state index in [0.717, 1.165) is 22.7 Å². The van der Waals surface area contributed by atoms with Gasteiger partial charge in [-0.05, 0) is 13.0 Å². The van der Waals surface area contributed by atoms with Crippen molar-refractivity contribution >= 4 is 11.8 Å². The average molecular weight is 242 g/mol. The fraction of sp³-hybridized carbons (Fsp3) is 0.231. The van der Waals surface area contributed by atoms with Crippen molar-refractivity contribution in [3.05, 3.63) is 41.6 Å². The summed E-state index contributed by atoms with van der Waals surface area (Å²) in [6.07, 6.45) is 1.71. The molecule has 0 spiro atoms. The minimum atomic E-state index is 0.106. The molecular formula is C13H14N4O. The van der Waals surface area contributed by atoms with Crippen molar-refractivity contribution in [3.63, 3.8) is 0 Å². The first kappa shape index (κ1) is 10.8. The summed E-state index contributed by atoms with van der Waals surface area (Å²) >= 11 is 0. The number of fused-ring (bicyclic) bond motifs is 1. The van der Waals surface area contributed by atoms with Gasteiger partial charge in [0, 0.05) is 17.3 Å². The first-order valence-corrected chi connectivity index (χ1v) is 5.81. The zero-order valence-corrected chi connectivity index (χ0v) is 10.1. The Balaban J connectivity index is 1.88. The number of rotatable bonds is 2. The lowest BCUT2D eigenvalue weighted by atomic mass is 10.1. The maximum atomic E-state index is 5.62. The molecule has 1 aromatic heterocycles. The molecule has 1 aliphatic rings. The maximum Gasteiger partial charge on any atom is 0.221 e. The van der Waals surface area contributed by atoms with Crippen molar-refractivity contribution in [2.75, 3.05) is 17.7 Å². The number of anilines is 2. The van der Waals surface area contributed by atoms with Crippen LogP contribution in [0.3, 0.4) is 0 Å². The largest absolute Gasteiger partial charge is 0.491 e. The maximum absolute atomic E-state index is 5.62. The molecule has 0 bridgehead atoms. The van der Waals surface area contributed by atoms with Crippen LogP contribution in [0.5, 0.6) is 5.75 Å². The monoisotopic (exact) mass is 242 g/mol. The minimum Gasteiger partial charge on any atom is -0.491 e. The van der Waals surface area contributed by atoms with Crippen LogP contribution < -0.4 is 15.8 Å². The Kier molecular flexibility index (Phi) is 2.51. The highest BCUT2D eigenvalue weighted by Crippen LogP contribution is 2.34. The molecule has 3 rings (SSSR count). The second-order valence-corrected chi connectivity index (χ2v) is 4.31. The Hall–Kier alpha value is -2.30. The van der Waals surface area contributed by atoms with Crippen LogP contribution in [0.4, 0.5) is 11.8 Å². The molecule has 1 aromatic carbocycles. The molecule has 1 aliphatic heterocycles. The molecule has 0 saturated heterocycles. The normalized spacial score (nSPS) is 17.1. The zero-order chi connectivity index (χ0) is 12.5. The lowest BCUT2D eigenvalue weighted by Crippen LogP contribution is -2.14. The Morgan fingerprint density at radius 3 is 3.11 bits per heavy atom. The molecular weight excluding hydrogens is 228 g/mol. The van der Waals surface area contributed by atoms with E-state index in [4.69, 9.17) is 10.5 Å². The van der Waals surface area contributed by atoms with Crippen LogP contribution >= 0.6 is 0 Å². The van der Waals surface area contributed by atoms with Gasteiger partial charge in [-0.1, -0.05) is 18.2 Å². The van der Waals surface area contributed by atoms with Crippen LogP contribution in [-0.2, 0) is 0 Å². The van der Waals surface area contributed by atoms with Crippen molar-refractivity contribution < 1.29 is 4.74 Å². The number of nitrogens with two attached hydrogens (primary N) is 1. The van der Waals surface area contributed by atoms with Gasteiger partial charge < -0.3 is 15.8 Å². The molecule has 5 nitrogen and oxygen atoms in total. The number of hydrogen-bond acceptors (Lipinski definition) is 5. The highest BCUT2D eigenvalue weighted by molar-refractivity contribution is 5.50. The zero-order valence-electron chi connectivity index (χ0n) is 10.1. The van der Waals surface area contributed by atoms with Crippen molar-refractivity contribution in [3.8, 4) is 5.75 Å². The van der Waals surface area contributed by atoms with Crippen LogP contribution in [0.2, 0.25) is 0 Å². The summed E-state index contributed by atoms with van der Waals surface area (Å²) in [4.78, 5) is 8.16. The number of ether oxygens (including phenoxy) is 1. The number of nitrogen functional groups attached to an aromatic ring is 1. The van der Waals surface area contributed by atoms with E-state index in [1.807, 2.05) is 25.1 Å². The molecule has 92 valence electrons. The summed E-state index contributed by atoms with van der Waals surface area (Å²) in [7, 11) is 0. The summed E-state index contributed by atoms with van der Waals surface area (Å²) in [5, 5.41) is 3.35. The van der Waals surface area contributed by atoms with Crippen LogP contribution in [-0.4, -0.2) is 16.6 Å². The van der Waals surface area contributed by atoms with Gasteiger partial charge in [-0.2, -0.15) is 4.98 Å². The Morgan fingerprint density at radius 1 is 1.39 bits per heavy atom. The highest BCUT2D eigenvalue weighted by Gasteiger charge is 2.24. The Labute approximate surface area is 105 Å². The summed E-state index contributed by atoms with van der Waals surface area (Å²) in [5.41, 5.74) is 7.72. The number of aromatic nitrogens is 2. The second-order valence-electron chi connectivity index (χ2n) is 4.31. The third-order valence-corrected chi connectivity index (χ3v) is 3.00. The molecule has 18 heavy (non-hydrogen) atoms. The third-order valence-electron chi connectivity index (χ3n) is 3.00. The molecule has 0 fully saturated rings. The van der Waals surface area contributed by atoms with E-state index >= 15 is 0 Å². The summed E-state index contributed by atoms with van der Waals surface area (Å²) in [6, 6.07) is 8.10. The first-order chi connectivity index (χ1) is 8.74. The average Bonchev–Trinajstić information content (AvgIpc) is 2.78. The van der Waals surface area contributed by atoms with Gasteiger partial charge in [-0.3, -0.25) is 0 Å². The van der Waals surface area contributed by atoms with E-state index in [1.165, 1.54) is 0 Å². The minimum absolute atomic E-state index is 0.106. The van der Waals surface area contributed by atoms with Crippen molar-refractivity contribution in [1.29, 1.82) is 0 Å². The molecule has 0 radical (unpaired) electrons. The van der Waals surface area contributed by atoms with Gasteiger partial charge in [0.15, 0.2) is 0 Å². The van der Waals surface area contributed by atoms with Crippen LogP contribution in [0.1, 0.15) is 17.2 Å². The van der Waals surface area contributed by atoms with Gasteiger partial charge in [0.05, 0.1) is 6.04 Å². The summed E-state index contributed by atoms with van der Waals surface area (Å²) < 4.78 is 5.62. The van der Waals surface area contributed by atoms with Crippen LogP contribution in [0.15, 0.2) is 30.5 Å². The molecule has 2 heterocycles. The van der Waals surface area contributed by atoms with Gasteiger partial charge in [-0.25, -0.2) is 4.98 Å². The Bertz CT molecular complexity index is 585. The number of nitrogens with one attached hydrogen (secondary N) is 1. The molecule has 5 heteroatoms. The number of para-hydroxylation sites is 1. The molecule has 1 unspecified atom stereocenters. The highest BCUT2D eigenvalue weighted by atomic mass is 16.5. The smallest absolute Gasteiger partial charge is 0.221 e. The van der Waals surface area contributed by atoms with E-state index in [2.05, 4.69) is 21.4 Å². The molecule has 3 N–H and O–H groups in total. The van der Waals surface area contributed by atoms with Crippen molar-refractivity contribution in [2.45, 2.75) is 13.0 Å². The van der Waals surface area contributed by atoms with Crippen molar-refractivity contribution in [1.82, 2.24) is 9.97 Å². The SMILES string of the molecule is Cc1cnc(N)nc1NC1COc2ccccc21. The van der Waals surface area contributed by atoms with Crippen molar-refractivity contribution in [2.24, 2.45) is 0 Å². The van der Waals surface area contributed by atoms with Gasteiger partial charge in [0.25, 0.3) is 0 Å². The molecule has 2 aromatic rings. The van der Waals surface area contributed by atoms with Gasteiger partial charge >= 0.3 is 0 Å². The number of nitrogens with zero attached hydrogens (tertiary/aromatic N) is 2. The lowest BCUT2D eigenvalue weighted by Gasteiger charge is -2.14. The van der Waals surface area contributed by atoms with Gasteiger partial charge in [0.1, 0.15) is 18.2 Å². The number of benzene rings is 1. The topological polar surface area (TPSA) is 73.1 Å². The van der Waals surface area contributed by atoms with Gasteiger partial charge in [-0.15, -0.1) is 0 Å². The fourth-order valence-electron chi connectivity index (χ4n) is 2.05. The summed E-state index contributed by atoms with van der Waals surface area (Å²) in [6.45, 7) is 2.55. The van der Waals surface area contributed by atoms with Gasteiger partial charge in [0.2, 0.25) is 5.95 Å². The molecule has 0 saturated carbocycles. The number of hydrogen-bond donors (Lipinski definition) is 2. The first-order valence-electron chi connectivity index (χ1n) is 5.81. The standard InChI is InChI=1S/C13H14N4O/c1-8-6-15-13(14)17-12(8)16-10-7-18-11-5-3-2-4-9(10)11/h2-6,10H,7H2,1H3,(H3,14,15,16,17). The number of aryl methyl sites for hydroxylation is 1. The van der Waals surface area contributed by atoms with E-state index in [1.54, 1.807) is 6.20 Å². The van der Waals surface area contributed by atoms with E-state index in [9.17, 15) is 0 Å². The van der Waals surface area contributed by atoms with E-state index in [0.29, 0.717) is 6.61 Å². The lowest BCUT2D eigenvalue weighted by molar-refractivity contribution is 0.339. The third kappa shape index (κ3) is 1.84. The fourth-order valence-corrected chi connectivity index (χ4v) is 2.05. The Morgan fingerprint density at radius 2 is 2.22 bits per heavy atom. The predicted octanol–water partition coefficient (Wildman–Crippen LogP) is 1.91. The van der Waals surface area contributed by atoms with E-state index < -0.39 is 0 Å². The second kappa shape index (κ2) is 4.18.